The van der Waals surface area contributed by atoms with Gasteiger partial charge in [-0.1, -0.05) is 6.92 Å². The van der Waals surface area contributed by atoms with Crippen molar-refractivity contribution in [3.05, 3.63) is 45.0 Å². The fourth-order valence-electron chi connectivity index (χ4n) is 1.78. The van der Waals surface area contributed by atoms with Crippen molar-refractivity contribution >= 4 is 27.3 Å². The summed E-state index contributed by atoms with van der Waals surface area (Å²) in [5.74, 6) is -0.208. The lowest BCUT2D eigenvalue weighted by molar-refractivity contribution is 0.620. The van der Waals surface area contributed by atoms with Gasteiger partial charge in [0.25, 0.3) is 0 Å². The van der Waals surface area contributed by atoms with Gasteiger partial charge < -0.3 is 5.32 Å². The van der Waals surface area contributed by atoms with E-state index in [-0.39, 0.29) is 5.82 Å². The normalized spacial score (nSPS) is 10.9. The zero-order valence-electron chi connectivity index (χ0n) is 10.4. The molecule has 1 N–H and O–H groups in total. The predicted octanol–water partition coefficient (Wildman–Crippen LogP) is 4.73. The molecule has 0 aliphatic rings. The van der Waals surface area contributed by atoms with Crippen LogP contribution in [-0.4, -0.2) is 6.54 Å². The summed E-state index contributed by atoms with van der Waals surface area (Å²) in [6.07, 6.45) is 0. The number of hydrogen-bond donors (Lipinski definition) is 1. The summed E-state index contributed by atoms with van der Waals surface area (Å²) in [7, 11) is 0. The van der Waals surface area contributed by atoms with Crippen LogP contribution in [0.5, 0.6) is 0 Å². The average Bonchev–Trinajstić information content (AvgIpc) is 2.79. The highest BCUT2D eigenvalue weighted by molar-refractivity contribution is 9.10. The Morgan fingerprint density at radius 1 is 1.33 bits per heavy atom. The Morgan fingerprint density at radius 3 is 2.83 bits per heavy atom. The molecular formula is C14H15BrFNS. The molecule has 18 heavy (non-hydrogen) atoms. The van der Waals surface area contributed by atoms with Crippen molar-refractivity contribution < 1.29 is 4.39 Å². The van der Waals surface area contributed by atoms with Crippen molar-refractivity contribution in [2.45, 2.75) is 20.4 Å². The summed E-state index contributed by atoms with van der Waals surface area (Å²) >= 11 is 4.99. The molecule has 1 aromatic carbocycles. The lowest BCUT2D eigenvalue weighted by Crippen LogP contribution is -2.10. The Morgan fingerprint density at radius 2 is 2.11 bits per heavy atom. The maximum atomic E-state index is 13.4. The molecule has 96 valence electrons. The van der Waals surface area contributed by atoms with E-state index in [2.05, 4.69) is 40.3 Å². The van der Waals surface area contributed by atoms with Gasteiger partial charge in [0, 0.05) is 16.3 Å². The summed E-state index contributed by atoms with van der Waals surface area (Å²) in [4.78, 5) is 2.48. The van der Waals surface area contributed by atoms with Crippen molar-refractivity contribution in [1.29, 1.82) is 0 Å². The maximum absolute atomic E-state index is 13.4. The number of halogens is 2. The molecular weight excluding hydrogens is 313 g/mol. The maximum Gasteiger partial charge on any atom is 0.137 e. The second kappa shape index (κ2) is 5.95. The van der Waals surface area contributed by atoms with Gasteiger partial charge in [0.05, 0.1) is 4.47 Å². The quantitative estimate of drug-likeness (QED) is 0.855. The Labute approximate surface area is 119 Å². The van der Waals surface area contributed by atoms with Crippen LogP contribution in [0.2, 0.25) is 0 Å². The van der Waals surface area contributed by atoms with Crippen molar-refractivity contribution in [3.63, 3.8) is 0 Å². The molecule has 0 saturated heterocycles. The first-order valence-corrected chi connectivity index (χ1v) is 7.48. The molecule has 0 amide bonds. The van der Waals surface area contributed by atoms with Gasteiger partial charge in [-0.25, -0.2) is 4.39 Å². The SMILES string of the molecule is CCNCc1ccc(-c2cc(Br)c(F)cc2C)s1. The molecule has 0 aliphatic carbocycles. The molecule has 4 heteroatoms. The lowest BCUT2D eigenvalue weighted by atomic mass is 10.1. The molecule has 1 heterocycles. The van der Waals surface area contributed by atoms with Gasteiger partial charge in [-0.3, -0.25) is 0 Å². The minimum absolute atomic E-state index is 0.208. The van der Waals surface area contributed by atoms with E-state index in [1.165, 1.54) is 9.75 Å². The van der Waals surface area contributed by atoms with Crippen LogP contribution >= 0.6 is 27.3 Å². The minimum atomic E-state index is -0.208. The van der Waals surface area contributed by atoms with E-state index < -0.39 is 0 Å². The number of rotatable bonds is 4. The van der Waals surface area contributed by atoms with Crippen LogP contribution in [-0.2, 0) is 6.54 Å². The monoisotopic (exact) mass is 327 g/mol. The molecule has 2 rings (SSSR count). The number of thiophene rings is 1. The lowest BCUT2D eigenvalue weighted by Gasteiger charge is -2.05. The highest BCUT2D eigenvalue weighted by Gasteiger charge is 2.09. The van der Waals surface area contributed by atoms with E-state index >= 15 is 0 Å². The molecule has 1 aromatic heterocycles. The van der Waals surface area contributed by atoms with E-state index in [0.29, 0.717) is 4.47 Å². The van der Waals surface area contributed by atoms with Crippen LogP contribution in [0.1, 0.15) is 17.4 Å². The van der Waals surface area contributed by atoms with E-state index in [9.17, 15) is 4.39 Å². The third kappa shape index (κ3) is 2.99. The van der Waals surface area contributed by atoms with Gasteiger partial charge >= 0.3 is 0 Å². The largest absolute Gasteiger partial charge is 0.312 e. The zero-order valence-corrected chi connectivity index (χ0v) is 12.8. The van der Waals surface area contributed by atoms with Gasteiger partial charge in [-0.05, 0) is 64.8 Å². The van der Waals surface area contributed by atoms with E-state index in [0.717, 1.165) is 24.2 Å². The van der Waals surface area contributed by atoms with Crippen LogP contribution in [0.3, 0.4) is 0 Å². The summed E-state index contributed by atoms with van der Waals surface area (Å²) < 4.78 is 13.9. The predicted molar refractivity (Wildman–Crippen MR) is 79.5 cm³/mol. The molecule has 1 nitrogen and oxygen atoms in total. The Balaban J connectivity index is 2.31. The molecule has 0 atom stereocenters. The summed E-state index contributed by atoms with van der Waals surface area (Å²) in [6, 6.07) is 7.65. The molecule has 0 aliphatic heterocycles. The minimum Gasteiger partial charge on any atom is -0.312 e. The van der Waals surface area contributed by atoms with Gasteiger partial charge in [0.1, 0.15) is 5.82 Å². The second-order valence-corrected chi connectivity index (χ2v) is 6.15. The van der Waals surface area contributed by atoms with Crippen molar-refractivity contribution in [2.75, 3.05) is 6.54 Å². The van der Waals surface area contributed by atoms with Crippen molar-refractivity contribution in [1.82, 2.24) is 5.32 Å². The summed E-state index contributed by atoms with van der Waals surface area (Å²) in [6.45, 7) is 5.89. The van der Waals surface area contributed by atoms with E-state index in [1.54, 1.807) is 17.4 Å². The Bertz CT molecular complexity index is 551. The fourth-order valence-corrected chi connectivity index (χ4v) is 3.18. The van der Waals surface area contributed by atoms with E-state index in [1.807, 2.05) is 13.0 Å². The third-order valence-corrected chi connectivity index (χ3v) is 4.47. The van der Waals surface area contributed by atoms with Gasteiger partial charge in [0.2, 0.25) is 0 Å². The molecule has 2 aromatic rings. The smallest absolute Gasteiger partial charge is 0.137 e. The highest BCUT2D eigenvalue weighted by Crippen LogP contribution is 2.33. The number of aryl methyl sites for hydroxylation is 1. The molecule has 0 bridgehead atoms. The third-order valence-electron chi connectivity index (χ3n) is 2.74. The molecule has 0 saturated carbocycles. The molecule has 0 radical (unpaired) electrons. The van der Waals surface area contributed by atoms with Crippen molar-refractivity contribution in [3.8, 4) is 10.4 Å². The van der Waals surface area contributed by atoms with E-state index in [4.69, 9.17) is 0 Å². The Hall–Kier alpha value is -0.710. The number of benzene rings is 1. The van der Waals surface area contributed by atoms with Crippen LogP contribution < -0.4 is 5.32 Å². The van der Waals surface area contributed by atoms with Crippen LogP contribution in [0.15, 0.2) is 28.7 Å². The Kier molecular flexibility index (Phi) is 4.54. The van der Waals surface area contributed by atoms with Gasteiger partial charge in [0.15, 0.2) is 0 Å². The first kappa shape index (κ1) is 13.7. The van der Waals surface area contributed by atoms with Gasteiger partial charge in [-0.15, -0.1) is 11.3 Å². The van der Waals surface area contributed by atoms with Crippen LogP contribution in [0.4, 0.5) is 4.39 Å². The topological polar surface area (TPSA) is 12.0 Å². The average molecular weight is 328 g/mol. The van der Waals surface area contributed by atoms with Crippen LogP contribution in [0, 0.1) is 12.7 Å². The fraction of sp³-hybridized carbons (Fsp3) is 0.286. The zero-order chi connectivity index (χ0) is 13.1. The first-order valence-electron chi connectivity index (χ1n) is 5.87. The highest BCUT2D eigenvalue weighted by atomic mass is 79.9. The van der Waals surface area contributed by atoms with Gasteiger partial charge in [-0.2, -0.15) is 0 Å². The number of nitrogens with one attached hydrogen (secondary N) is 1. The molecule has 0 spiro atoms. The second-order valence-electron chi connectivity index (χ2n) is 4.13. The number of hydrogen-bond acceptors (Lipinski definition) is 2. The van der Waals surface area contributed by atoms with Crippen molar-refractivity contribution in [2.24, 2.45) is 0 Å². The molecule has 0 unspecified atom stereocenters. The summed E-state index contributed by atoms with van der Waals surface area (Å²) in [5, 5.41) is 3.31. The molecule has 0 fully saturated rings. The summed E-state index contributed by atoms with van der Waals surface area (Å²) in [5.41, 5.74) is 2.06. The van der Waals surface area contributed by atoms with Crippen LogP contribution in [0.25, 0.3) is 10.4 Å². The first-order chi connectivity index (χ1) is 8.61. The standard InChI is InChI=1S/C14H15BrFNS/c1-3-17-8-10-4-5-14(18-10)11-7-12(15)13(16)6-9(11)2/h4-7,17H,3,8H2,1-2H3.